The molecule has 3 heterocycles. The number of aryl methyl sites for hydroxylation is 1. The molecule has 1 aliphatic heterocycles. The second-order valence-electron chi connectivity index (χ2n) is 7.29. The van der Waals surface area contributed by atoms with Crippen LogP contribution in [0.5, 0.6) is 5.75 Å². The summed E-state index contributed by atoms with van der Waals surface area (Å²) in [5.74, 6) is 0.865. The van der Waals surface area contributed by atoms with Gasteiger partial charge in [-0.2, -0.15) is 0 Å². The first kappa shape index (κ1) is 18.7. The molecule has 3 aromatic rings. The Morgan fingerprint density at radius 3 is 2.82 bits per heavy atom. The monoisotopic (exact) mass is 399 g/mol. The SMILES string of the molecule is Cc1cc(O)c(C(N)C2CCN(C(=O)c3cnc4nccn4c3)CC2)cc1Cl. The van der Waals surface area contributed by atoms with Gasteiger partial charge >= 0.3 is 0 Å². The Balaban J connectivity index is 1.44. The number of phenols is 1. The van der Waals surface area contributed by atoms with Crippen LogP contribution in [0.15, 0.2) is 36.9 Å². The van der Waals surface area contributed by atoms with Crippen molar-refractivity contribution in [2.45, 2.75) is 25.8 Å². The lowest BCUT2D eigenvalue weighted by Gasteiger charge is -2.35. The van der Waals surface area contributed by atoms with E-state index < -0.39 is 0 Å². The highest BCUT2D eigenvalue weighted by Crippen LogP contribution is 2.36. The van der Waals surface area contributed by atoms with Gasteiger partial charge in [-0.05, 0) is 43.4 Å². The number of piperidine rings is 1. The maximum atomic E-state index is 12.8. The molecule has 1 fully saturated rings. The summed E-state index contributed by atoms with van der Waals surface area (Å²) in [6.45, 7) is 3.07. The summed E-state index contributed by atoms with van der Waals surface area (Å²) in [6.07, 6.45) is 8.26. The lowest BCUT2D eigenvalue weighted by Crippen LogP contribution is -2.41. The van der Waals surface area contributed by atoms with Gasteiger partial charge in [0.05, 0.1) is 5.56 Å². The summed E-state index contributed by atoms with van der Waals surface area (Å²) in [5.41, 5.74) is 8.45. The lowest BCUT2D eigenvalue weighted by molar-refractivity contribution is 0.0676. The van der Waals surface area contributed by atoms with Gasteiger partial charge < -0.3 is 15.7 Å². The molecule has 1 aliphatic rings. The molecule has 0 aliphatic carbocycles. The summed E-state index contributed by atoms with van der Waals surface area (Å²) in [6, 6.07) is 3.08. The van der Waals surface area contributed by atoms with E-state index in [2.05, 4.69) is 9.97 Å². The van der Waals surface area contributed by atoms with Crippen LogP contribution in [0, 0.1) is 12.8 Å². The first-order valence-electron chi connectivity index (χ1n) is 9.26. The molecule has 1 saturated heterocycles. The van der Waals surface area contributed by atoms with Crippen molar-refractivity contribution in [3.8, 4) is 5.75 Å². The maximum absolute atomic E-state index is 12.8. The van der Waals surface area contributed by atoms with Crippen molar-refractivity contribution in [2.75, 3.05) is 13.1 Å². The molecule has 0 spiro atoms. The number of phenolic OH excluding ortho intramolecular Hbond substituents is 1. The number of carbonyl (C=O) groups is 1. The minimum absolute atomic E-state index is 0.0450. The van der Waals surface area contributed by atoms with Gasteiger partial charge in [-0.1, -0.05) is 11.6 Å². The highest BCUT2D eigenvalue weighted by Gasteiger charge is 2.29. The Bertz CT molecular complexity index is 1030. The first-order valence-corrected chi connectivity index (χ1v) is 9.64. The second-order valence-corrected chi connectivity index (χ2v) is 7.70. The molecule has 2 aromatic heterocycles. The van der Waals surface area contributed by atoms with E-state index in [0.717, 1.165) is 18.4 Å². The zero-order valence-corrected chi connectivity index (χ0v) is 16.3. The van der Waals surface area contributed by atoms with E-state index in [1.54, 1.807) is 41.3 Å². The molecule has 0 bridgehead atoms. The molecule has 28 heavy (non-hydrogen) atoms. The molecule has 1 amide bonds. The Morgan fingerprint density at radius 1 is 1.32 bits per heavy atom. The number of hydrogen-bond acceptors (Lipinski definition) is 5. The van der Waals surface area contributed by atoms with Gasteiger partial charge in [0.1, 0.15) is 5.75 Å². The van der Waals surface area contributed by atoms with E-state index >= 15 is 0 Å². The van der Waals surface area contributed by atoms with Gasteiger partial charge in [-0.3, -0.25) is 9.20 Å². The number of nitrogens with zero attached hydrogens (tertiary/aromatic N) is 4. The summed E-state index contributed by atoms with van der Waals surface area (Å²) >= 11 is 6.20. The summed E-state index contributed by atoms with van der Waals surface area (Å²) in [7, 11) is 0. The van der Waals surface area contributed by atoms with Crippen LogP contribution in [0.2, 0.25) is 5.02 Å². The van der Waals surface area contributed by atoms with Gasteiger partial charge in [0.15, 0.2) is 0 Å². The fraction of sp³-hybridized carbons (Fsp3) is 0.350. The van der Waals surface area contributed by atoms with Crippen molar-refractivity contribution in [3.63, 3.8) is 0 Å². The molecule has 1 unspecified atom stereocenters. The van der Waals surface area contributed by atoms with Gasteiger partial charge in [0, 0.05) is 54.5 Å². The maximum Gasteiger partial charge on any atom is 0.256 e. The molecular formula is C20H22ClN5O2. The Labute approximate surface area is 167 Å². The number of aromatic nitrogens is 3. The van der Waals surface area contributed by atoms with E-state index in [0.29, 0.717) is 35.0 Å². The molecular weight excluding hydrogens is 378 g/mol. The zero-order chi connectivity index (χ0) is 19.8. The largest absolute Gasteiger partial charge is 0.508 e. The predicted octanol–water partition coefficient (Wildman–Crippen LogP) is 2.95. The average Bonchev–Trinajstić information content (AvgIpc) is 3.17. The number of fused-ring (bicyclic) bond motifs is 1. The highest BCUT2D eigenvalue weighted by molar-refractivity contribution is 6.31. The van der Waals surface area contributed by atoms with Gasteiger partial charge in [-0.25, -0.2) is 9.97 Å². The van der Waals surface area contributed by atoms with Crippen molar-refractivity contribution in [3.05, 3.63) is 58.6 Å². The van der Waals surface area contributed by atoms with E-state index in [1.807, 2.05) is 11.8 Å². The van der Waals surface area contributed by atoms with Crippen molar-refractivity contribution in [1.29, 1.82) is 0 Å². The van der Waals surface area contributed by atoms with Crippen molar-refractivity contribution < 1.29 is 9.90 Å². The predicted molar refractivity (Wildman–Crippen MR) is 106 cm³/mol. The molecule has 0 saturated carbocycles. The topological polar surface area (TPSA) is 96.8 Å². The van der Waals surface area contributed by atoms with E-state index in [4.69, 9.17) is 17.3 Å². The lowest BCUT2D eigenvalue weighted by atomic mass is 9.85. The molecule has 1 aromatic carbocycles. The number of likely N-dealkylation sites (tertiary alicyclic amines) is 1. The summed E-state index contributed by atoms with van der Waals surface area (Å²) in [4.78, 5) is 22.9. The number of amides is 1. The Morgan fingerprint density at radius 2 is 2.07 bits per heavy atom. The minimum Gasteiger partial charge on any atom is -0.508 e. The number of aromatic hydroxyl groups is 1. The standard InChI is InChI=1S/C20H22ClN5O2/c1-12-8-17(27)15(9-16(12)21)18(22)13-2-5-25(6-3-13)19(28)14-10-24-20-23-4-7-26(20)11-14/h4,7-11,13,18,27H,2-3,5-6,22H2,1H3. The number of imidazole rings is 1. The van der Waals surface area contributed by atoms with Crippen LogP contribution in [-0.4, -0.2) is 43.4 Å². The van der Waals surface area contributed by atoms with Crippen LogP contribution in [0.25, 0.3) is 5.78 Å². The van der Waals surface area contributed by atoms with E-state index in [1.165, 1.54) is 0 Å². The average molecular weight is 400 g/mol. The third-order valence-electron chi connectivity index (χ3n) is 5.49. The summed E-state index contributed by atoms with van der Waals surface area (Å²) in [5, 5.41) is 10.9. The van der Waals surface area contributed by atoms with Crippen molar-refractivity contribution in [1.82, 2.24) is 19.3 Å². The number of nitrogens with two attached hydrogens (primary N) is 1. The first-order chi connectivity index (χ1) is 13.4. The van der Waals surface area contributed by atoms with Gasteiger partial charge in [0.25, 0.3) is 5.91 Å². The fourth-order valence-corrected chi connectivity index (χ4v) is 3.95. The third kappa shape index (κ3) is 3.43. The van der Waals surface area contributed by atoms with Gasteiger partial charge in [0.2, 0.25) is 5.78 Å². The molecule has 146 valence electrons. The Hall–Kier alpha value is -2.64. The highest BCUT2D eigenvalue weighted by atomic mass is 35.5. The van der Waals surface area contributed by atoms with Crippen molar-refractivity contribution in [2.24, 2.45) is 11.7 Å². The smallest absolute Gasteiger partial charge is 0.256 e. The minimum atomic E-state index is -0.320. The van der Waals surface area contributed by atoms with Gasteiger partial charge in [-0.15, -0.1) is 0 Å². The third-order valence-corrected chi connectivity index (χ3v) is 5.90. The molecule has 0 radical (unpaired) electrons. The number of halogens is 1. The van der Waals surface area contributed by atoms with Crippen LogP contribution >= 0.6 is 11.6 Å². The number of hydrogen-bond donors (Lipinski definition) is 2. The Kier molecular flexibility index (Phi) is 4.95. The quantitative estimate of drug-likeness (QED) is 0.705. The van der Waals surface area contributed by atoms with Crippen molar-refractivity contribution >= 4 is 23.3 Å². The molecule has 1 atom stereocenters. The van der Waals surface area contributed by atoms with E-state index in [9.17, 15) is 9.90 Å². The van der Waals surface area contributed by atoms with Crippen LogP contribution in [0.1, 0.15) is 40.4 Å². The normalized spacial score (nSPS) is 16.5. The molecule has 8 heteroatoms. The van der Waals surface area contributed by atoms with Crippen LogP contribution in [-0.2, 0) is 0 Å². The number of benzene rings is 1. The van der Waals surface area contributed by atoms with Crippen LogP contribution < -0.4 is 5.73 Å². The fourth-order valence-electron chi connectivity index (χ4n) is 3.77. The molecule has 7 nitrogen and oxygen atoms in total. The molecule has 3 N–H and O–H groups in total. The second kappa shape index (κ2) is 7.41. The van der Waals surface area contributed by atoms with Crippen LogP contribution in [0.3, 0.4) is 0 Å². The number of rotatable bonds is 3. The summed E-state index contributed by atoms with van der Waals surface area (Å²) < 4.78 is 1.74. The molecule has 4 rings (SSSR count). The van der Waals surface area contributed by atoms with Crippen LogP contribution in [0.4, 0.5) is 0 Å². The zero-order valence-electron chi connectivity index (χ0n) is 15.5. The number of carbonyl (C=O) groups excluding carboxylic acids is 1. The van der Waals surface area contributed by atoms with E-state index in [-0.39, 0.29) is 23.6 Å².